The highest BCUT2D eigenvalue weighted by molar-refractivity contribution is 6.11. The Morgan fingerprint density at radius 1 is 0.293 bits per heavy atom. The van der Waals surface area contributed by atoms with Crippen molar-refractivity contribution in [1.29, 1.82) is 0 Å². The van der Waals surface area contributed by atoms with Crippen LogP contribution in [0.15, 0.2) is 229 Å². The number of nitrogens with zero attached hydrogens (tertiary/aromatic N) is 1. The predicted molar refractivity (Wildman–Crippen MR) is 245 cm³/mol. The highest BCUT2D eigenvalue weighted by Crippen LogP contribution is 2.44. The molecule has 0 N–H and O–H groups in total. The molecule has 2 nitrogen and oxygen atoms in total. The molecule has 0 atom stereocenters. The van der Waals surface area contributed by atoms with Crippen molar-refractivity contribution in [1.82, 2.24) is 0 Å². The summed E-state index contributed by atoms with van der Waals surface area (Å²) in [7, 11) is 0. The van der Waals surface area contributed by atoms with E-state index in [1.165, 1.54) is 60.5 Å². The number of fused-ring (bicyclic) bond motifs is 5. The lowest BCUT2D eigenvalue weighted by molar-refractivity contribution is 0.669. The number of furan rings is 1. The molecule has 58 heavy (non-hydrogen) atoms. The summed E-state index contributed by atoms with van der Waals surface area (Å²) in [5, 5.41) is 7.15. The minimum atomic E-state index is 0.855. The zero-order valence-corrected chi connectivity index (χ0v) is 31.7. The quantitative estimate of drug-likeness (QED) is 0.162. The molecule has 0 unspecified atom stereocenters. The van der Waals surface area contributed by atoms with Gasteiger partial charge in [-0.1, -0.05) is 176 Å². The first-order valence-corrected chi connectivity index (χ1v) is 19.8. The van der Waals surface area contributed by atoms with Crippen LogP contribution in [-0.4, -0.2) is 0 Å². The molecule has 0 aliphatic heterocycles. The Bertz CT molecular complexity index is 3250. The van der Waals surface area contributed by atoms with Crippen LogP contribution >= 0.6 is 0 Å². The Hall–Kier alpha value is -7.68. The lowest BCUT2D eigenvalue weighted by Crippen LogP contribution is -2.10. The molecule has 0 aliphatic rings. The second-order valence-corrected chi connectivity index (χ2v) is 14.9. The Labute approximate surface area is 337 Å². The van der Waals surface area contributed by atoms with Crippen molar-refractivity contribution in [3.8, 4) is 44.5 Å². The number of para-hydroxylation sites is 1. The molecular formula is C56H37NO. The molecule has 0 saturated carbocycles. The van der Waals surface area contributed by atoms with E-state index >= 15 is 0 Å². The molecule has 1 heterocycles. The molecule has 10 aromatic carbocycles. The van der Waals surface area contributed by atoms with Crippen LogP contribution in [0.3, 0.4) is 0 Å². The molecule has 1 aromatic heterocycles. The summed E-state index contributed by atoms with van der Waals surface area (Å²) < 4.78 is 6.77. The first-order valence-electron chi connectivity index (χ1n) is 19.8. The number of hydrogen-bond donors (Lipinski definition) is 0. The van der Waals surface area contributed by atoms with Gasteiger partial charge in [-0.2, -0.15) is 0 Å². The molecule has 0 saturated heterocycles. The third-order valence-electron chi connectivity index (χ3n) is 11.5. The van der Waals surface area contributed by atoms with E-state index in [9.17, 15) is 0 Å². The molecular weight excluding hydrogens is 703 g/mol. The van der Waals surface area contributed by atoms with Gasteiger partial charge in [0, 0.05) is 22.1 Å². The smallest absolute Gasteiger partial charge is 0.159 e. The number of hydrogen-bond acceptors (Lipinski definition) is 2. The Kier molecular flexibility index (Phi) is 8.19. The molecule has 11 rings (SSSR count). The minimum absolute atomic E-state index is 0.855. The van der Waals surface area contributed by atoms with Crippen LogP contribution in [-0.2, 0) is 0 Å². The number of anilines is 3. The fourth-order valence-corrected chi connectivity index (χ4v) is 8.60. The summed E-state index contributed by atoms with van der Waals surface area (Å²) in [6.07, 6.45) is 0. The van der Waals surface area contributed by atoms with Crippen molar-refractivity contribution in [2.24, 2.45) is 0 Å². The van der Waals surface area contributed by atoms with Crippen molar-refractivity contribution in [3.63, 3.8) is 0 Å². The van der Waals surface area contributed by atoms with Crippen molar-refractivity contribution in [2.45, 2.75) is 0 Å². The normalized spacial score (nSPS) is 11.4. The zero-order valence-electron chi connectivity index (χ0n) is 31.7. The second kappa shape index (κ2) is 14.1. The van der Waals surface area contributed by atoms with Gasteiger partial charge in [0.2, 0.25) is 0 Å². The molecule has 0 fully saturated rings. The first-order chi connectivity index (χ1) is 28.7. The average molecular weight is 740 g/mol. The summed E-state index contributed by atoms with van der Waals surface area (Å²) in [4.78, 5) is 2.33. The molecule has 0 amide bonds. The topological polar surface area (TPSA) is 16.4 Å². The van der Waals surface area contributed by atoms with Crippen LogP contribution < -0.4 is 4.90 Å². The lowest BCUT2D eigenvalue weighted by Gasteiger charge is -2.26. The second-order valence-electron chi connectivity index (χ2n) is 14.9. The van der Waals surface area contributed by atoms with E-state index in [0.717, 1.165) is 44.6 Å². The van der Waals surface area contributed by atoms with E-state index in [1.807, 2.05) is 0 Å². The molecule has 0 spiro atoms. The standard InChI is InChI=1S/C56H37NO/c1-3-12-38(13-4-1)44-29-35-55-53(37-44)52-22-11-23-54(56(52)58-55)57(47-32-26-42(27-33-47)50-20-9-17-41-16-7-8-19-48(41)50)46-30-24-39(25-31-46)43-28-34-51-45(36-43)18-10-21-49(51)40-14-5-2-6-15-40/h1-37H. The van der Waals surface area contributed by atoms with Crippen LogP contribution in [0, 0.1) is 0 Å². The van der Waals surface area contributed by atoms with Crippen LogP contribution in [0.2, 0.25) is 0 Å². The maximum Gasteiger partial charge on any atom is 0.159 e. The molecule has 11 aromatic rings. The SMILES string of the molecule is c1ccc(-c2ccc3oc4c(N(c5ccc(-c6ccc7c(-c8ccccc8)cccc7c6)cc5)c5ccc(-c6cccc7ccccc67)cc5)cccc4c3c2)cc1. The van der Waals surface area contributed by atoms with Gasteiger partial charge in [-0.25, -0.2) is 0 Å². The van der Waals surface area contributed by atoms with Crippen LogP contribution in [0.5, 0.6) is 0 Å². The van der Waals surface area contributed by atoms with Gasteiger partial charge in [-0.15, -0.1) is 0 Å². The highest BCUT2D eigenvalue weighted by atomic mass is 16.3. The Morgan fingerprint density at radius 3 is 1.53 bits per heavy atom. The van der Waals surface area contributed by atoms with Crippen LogP contribution in [0.4, 0.5) is 17.1 Å². The summed E-state index contributed by atoms with van der Waals surface area (Å²) >= 11 is 0. The molecule has 272 valence electrons. The predicted octanol–water partition coefficient (Wildman–Crippen LogP) is 16.0. The van der Waals surface area contributed by atoms with Gasteiger partial charge in [0.05, 0.1) is 5.69 Å². The van der Waals surface area contributed by atoms with E-state index in [-0.39, 0.29) is 0 Å². The van der Waals surface area contributed by atoms with Gasteiger partial charge in [-0.05, 0) is 115 Å². The van der Waals surface area contributed by atoms with Gasteiger partial charge in [0.25, 0.3) is 0 Å². The van der Waals surface area contributed by atoms with Crippen molar-refractivity contribution in [2.75, 3.05) is 4.90 Å². The molecule has 0 aliphatic carbocycles. The van der Waals surface area contributed by atoms with Gasteiger partial charge in [0.1, 0.15) is 5.58 Å². The van der Waals surface area contributed by atoms with Gasteiger partial charge < -0.3 is 9.32 Å². The summed E-state index contributed by atoms with van der Waals surface area (Å²) in [6.45, 7) is 0. The lowest BCUT2D eigenvalue weighted by atomic mass is 9.95. The minimum Gasteiger partial charge on any atom is -0.454 e. The maximum atomic E-state index is 6.77. The third-order valence-corrected chi connectivity index (χ3v) is 11.5. The summed E-state index contributed by atoms with van der Waals surface area (Å²) in [5.41, 5.74) is 14.4. The summed E-state index contributed by atoms with van der Waals surface area (Å²) in [5.74, 6) is 0. The fourth-order valence-electron chi connectivity index (χ4n) is 8.60. The monoisotopic (exact) mass is 739 g/mol. The molecule has 0 bridgehead atoms. The number of rotatable bonds is 7. The number of benzene rings is 10. The third kappa shape index (κ3) is 5.91. The van der Waals surface area contributed by atoms with Gasteiger partial charge in [-0.3, -0.25) is 0 Å². The summed E-state index contributed by atoms with van der Waals surface area (Å²) in [6, 6.07) is 80.5. The first kappa shape index (κ1) is 33.6. The van der Waals surface area contributed by atoms with E-state index in [2.05, 4.69) is 229 Å². The van der Waals surface area contributed by atoms with Crippen molar-refractivity contribution < 1.29 is 4.42 Å². The maximum absolute atomic E-state index is 6.77. The van der Waals surface area contributed by atoms with E-state index < -0.39 is 0 Å². The van der Waals surface area contributed by atoms with Gasteiger partial charge in [0.15, 0.2) is 5.58 Å². The highest BCUT2D eigenvalue weighted by Gasteiger charge is 2.20. The van der Waals surface area contributed by atoms with Crippen LogP contribution in [0.25, 0.3) is 88.0 Å². The van der Waals surface area contributed by atoms with Crippen LogP contribution in [0.1, 0.15) is 0 Å². The van der Waals surface area contributed by atoms with E-state index in [0.29, 0.717) is 0 Å². The van der Waals surface area contributed by atoms with Crippen molar-refractivity contribution in [3.05, 3.63) is 224 Å². The molecule has 0 radical (unpaired) electrons. The average Bonchev–Trinajstić information content (AvgIpc) is 3.68. The largest absolute Gasteiger partial charge is 0.454 e. The van der Waals surface area contributed by atoms with Crippen molar-refractivity contribution >= 4 is 60.5 Å². The van der Waals surface area contributed by atoms with E-state index in [1.54, 1.807) is 0 Å². The zero-order chi connectivity index (χ0) is 38.4. The van der Waals surface area contributed by atoms with E-state index in [4.69, 9.17) is 4.42 Å². The fraction of sp³-hybridized carbons (Fsp3) is 0. The Morgan fingerprint density at radius 2 is 0.793 bits per heavy atom. The Balaban J connectivity index is 1.02. The van der Waals surface area contributed by atoms with Gasteiger partial charge >= 0.3 is 0 Å². The molecule has 2 heteroatoms.